The maximum atomic E-state index is 11.4. The molecule has 0 unspecified atom stereocenters. The molecule has 2 heterocycles. The van der Waals surface area contributed by atoms with E-state index in [0.29, 0.717) is 5.69 Å². The highest BCUT2D eigenvalue weighted by Gasteiger charge is 2.06. The number of nitrogens with one attached hydrogen (secondary N) is 1. The lowest BCUT2D eigenvalue weighted by atomic mass is 10.3. The molecule has 4 nitrogen and oxygen atoms in total. The van der Waals surface area contributed by atoms with Crippen molar-refractivity contribution in [2.45, 2.75) is 6.61 Å². The van der Waals surface area contributed by atoms with Crippen LogP contribution in [0.2, 0.25) is 0 Å². The summed E-state index contributed by atoms with van der Waals surface area (Å²) in [4.78, 5) is 18.1. The Bertz CT molecular complexity index is 423. The highest BCUT2D eigenvalue weighted by Crippen LogP contribution is 2.03. The second kappa shape index (κ2) is 4.41. The minimum absolute atomic E-state index is 0.264. The zero-order chi connectivity index (χ0) is 10.5. The molecule has 0 spiro atoms. The minimum Gasteiger partial charge on any atom is -0.456 e. The van der Waals surface area contributed by atoms with Crippen LogP contribution in [0.4, 0.5) is 0 Å². The molecule has 2 aromatic heterocycles. The number of hydrogen-bond donors (Lipinski definition) is 1. The molecule has 4 heteroatoms. The van der Waals surface area contributed by atoms with Gasteiger partial charge in [0.2, 0.25) is 0 Å². The zero-order valence-corrected chi connectivity index (χ0v) is 8.01. The highest BCUT2D eigenvalue weighted by molar-refractivity contribution is 5.87. The molecule has 0 saturated carbocycles. The van der Waals surface area contributed by atoms with Crippen LogP contribution < -0.4 is 0 Å². The number of aromatic nitrogens is 2. The Kier molecular flexibility index (Phi) is 2.78. The summed E-state index contributed by atoms with van der Waals surface area (Å²) in [6, 6.07) is 7.04. The van der Waals surface area contributed by atoms with Crippen LogP contribution in [-0.4, -0.2) is 15.9 Å². The Hall–Kier alpha value is -2.10. The average molecular weight is 202 g/mol. The quantitative estimate of drug-likeness (QED) is 0.771. The first-order valence-electron chi connectivity index (χ1n) is 4.55. The molecule has 0 aliphatic heterocycles. The Morgan fingerprint density at radius 1 is 1.33 bits per heavy atom. The molecular formula is C11H10N2O2. The van der Waals surface area contributed by atoms with Crippen LogP contribution in [0.1, 0.15) is 16.1 Å². The smallest absolute Gasteiger partial charge is 0.355 e. The fraction of sp³-hybridized carbons (Fsp3) is 0.0909. The number of carbonyl (C=O) groups excluding carboxylic acids is 1. The van der Waals surface area contributed by atoms with Crippen LogP contribution in [0.25, 0.3) is 0 Å². The molecular weight excluding hydrogens is 192 g/mol. The van der Waals surface area contributed by atoms with Crippen LogP contribution >= 0.6 is 0 Å². The van der Waals surface area contributed by atoms with E-state index in [1.807, 2.05) is 12.1 Å². The van der Waals surface area contributed by atoms with E-state index in [-0.39, 0.29) is 12.6 Å². The van der Waals surface area contributed by atoms with Gasteiger partial charge in [-0.3, -0.25) is 4.98 Å². The van der Waals surface area contributed by atoms with Gasteiger partial charge in [-0.2, -0.15) is 0 Å². The van der Waals surface area contributed by atoms with Crippen molar-refractivity contribution in [2.24, 2.45) is 0 Å². The molecule has 15 heavy (non-hydrogen) atoms. The van der Waals surface area contributed by atoms with Crippen molar-refractivity contribution < 1.29 is 9.53 Å². The second-order valence-electron chi connectivity index (χ2n) is 3.02. The molecule has 76 valence electrons. The third-order valence-corrected chi connectivity index (χ3v) is 1.94. The monoisotopic (exact) mass is 202 g/mol. The Labute approximate surface area is 86.9 Å². The van der Waals surface area contributed by atoms with Gasteiger partial charge in [-0.05, 0) is 29.8 Å². The Morgan fingerprint density at radius 3 is 2.80 bits per heavy atom. The lowest BCUT2D eigenvalue weighted by Gasteiger charge is -2.02. The first kappa shape index (κ1) is 9.45. The van der Waals surface area contributed by atoms with Gasteiger partial charge in [0.1, 0.15) is 12.3 Å². The summed E-state index contributed by atoms with van der Waals surface area (Å²) >= 11 is 0. The predicted octanol–water partition coefficient (Wildman–Crippen LogP) is 1.77. The molecule has 0 aliphatic carbocycles. The van der Waals surface area contributed by atoms with Crippen molar-refractivity contribution >= 4 is 5.97 Å². The summed E-state index contributed by atoms with van der Waals surface area (Å²) in [5, 5.41) is 0. The molecule has 0 aromatic carbocycles. The van der Waals surface area contributed by atoms with Crippen molar-refractivity contribution in [2.75, 3.05) is 0 Å². The number of esters is 1. The van der Waals surface area contributed by atoms with Crippen molar-refractivity contribution in [3.05, 3.63) is 54.1 Å². The topological polar surface area (TPSA) is 55.0 Å². The standard InChI is InChI=1S/C11H10N2O2/c14-11(10-2-1-5-13-10)15-8-9-3-6-12-7-4-9/h1-7,13H,8H2. The predicted molar refractivity (Wildman–Crippen MR) is 54.1 cm³/mol. The van der Waals surface area contributed by atoms with Gasteiger partial charge in [0.15, 0.2) is 0 Å². The van der Waals surface area contributed by atoms with Gasteiger partial charge in [0.25, 0.3) is 0 Å². The molecule has 0 bridgehead atoms. The number of carbonyl (C=O) groups is 1. The van der Waals surface area contributed by atoms with Crippen LogP contribution in [0.15, 0.2) is 42.9 Å². The average Bonchev–Trinajstić information content (AvgIpc) is 2.81. The van der Waals surface area contributed by atoms with E-state index < -0.39 is 0 Å². The number of hydrogen-bond acceptors (Lipinski definition) is 3. The molecule has 0 aliphatic rings. The van der Waals surface area contributed by atoms with E-state index in [1.165, 1.54) is 0 Å². The van der Waals surface area contributed by atoms with Gasteiger partial charge >= 0.3 is 5.97 Å². The van der Waals surface area contributed by atoms with Crippen LogP contribution in [0.5, 0.6) is 0 Å². The lowest BCUT2D eigenvalue weighted by molar-refractivity contribution is 0.0466. The highest BCUT2D eigenvalue weighted by atomic mass is 16.5. The molecule has 0 radical (unpaired) electrons. The van der Waals surface area contributed by atoms with Crippen molar-refractivity contribution in [1.82, 2.24) is 9.97 Å². The third kappa shape index (κ3) is 2.43. The number of H-pyrrole nitrogens is 1. The minimum atomic E-state index is -0.350. The summed E-state index contributed by atoms with van der Waals surface area (Å²) in [5.41, 5.74) is 1.38. The van der Waals surface area contributed by atoms with E-state index in [1.54, 1.807) is 30.7 Å². The number of nitrogens with zero attached hydrogens (tertiary/aromatic N) is 1. The maximum Gasteiger partial charge on any atom is 0.355 e. The van der Waals surface area contributed by atoms with Crippen LogP contribution in [0, 0.1) is 0 Å². The van der Waals surface area contributed by atoms with Crippen molar-refractivity contribution in [3.8, 4) is 0 Å². The van der Waals surface area contributed by atoms with E-state index in [2.05, 4.69) is 9.97 Å². The first-order chi connectivity index (χ1) is 7.36. The van der Waals surface area contributed by atoms with Crippen molar-refractivity contribution in [1.29, 1.82) is 0 Å². The number of pyridine rings is 1. The van der Waals surface area contributed by atoms with Crippen LogP contribution in [0.3, 0.4) is 0 Å². The fourth-order valence-electron chi connectivity index (χ4n) is 1.16. The Balaban J connectivity index is 1.92. The van der Waals surface area contributed by atoms with E-state index in [9.17, 15) is 4.79 Å². The molecule has 2 aromatic rings. The SMILES string of the molecule is O=C(OCc1ccncc1)c1ccc[nH]1. The zero-order valence-electron chi connectivity index (χ0n) is 8.01. The number of aromatic amines is 1. The summed E-state index contributed by atoms with van der Waals surface area (Å²) in [7, 11) is 0. The van der Waals surface area contributed by atoms with Gasteiger partial charge in [0, 0.05) is 18.6 Å². The van der Waals surface area contributed by atoms with Gasteiger partial charge < -0.3 is 9.72 Å². The summed E-state index contributed by atoms with van der Waals surface area (Å²) in [6.45, 7) is 0.264. The molecule has 0 atom stereocenters. The van der Waals surface area contributed by atoms with Gasteiger partial charge in [-0.1, -0.05) is 0 Å². The molecule has 0 amide bonds. The molecule has 1 N–H and O–H groups in total. The molecule has 0 fully saturated rings. The number of ether oxygens (including phenoxy) is 1. The Morgan fingerprint density at radius 2 is 2.13 bits per heavy atom. The van der Waals surface area contributed by atoms with E-state index in [4.69, 9.17) is 4.74 Å². The number of rotatable bonds is 3. The maximum absolute atomic E-state index is 11.4. The third-order valence-electron chi connectivity index (χ3n) is 1.94. The van der Waals surface area contributed by atoms with E-state index in [0.717, 1.165) is 5.56 Å². The summed E-state index contributed by atoms with van der Waals surface area (Å²) < 4.78 is 5.07. The fourth-order valence-corrected chi connectivity index (χ4v) is 1.16. The van der Waals surface area contributed by atoms with Crippen molar-refractivity contribution in [3.63, 3.8) is 0 Å². The normalized spacial score (nSPS) is 9.87. The van der Waals surface area contributed by atoms with Gasteiger partial charge in [-0.25, -0.2) is 4.79 Å². The molecule has 0 saturated heterocycles. The van der Waals surface area contributed by atoms with Crippen LogP contribution in [-0.2, 0) is 11.3 Å². The van der Waals surface area contributed by atoms with Gasteiger partial charge in [0.05, 0.1) is 0 Å². The van der Waals surface area contributed by atoms with Gasteiger partial charge in [-0.15, -0.1) is 0 Å². The van der Waals surface area contributed by atoms with E-state index >= 15 is 0 Å². The largest absolute Gasteiger partial charge is 0.456 e. The second-order valence-corrected chi connectivity index (χ2v) is 3.02. The lowest BCUT2D eigenvalue weighted by Crippen LogP contribution is -2.05. The summed E-state index contributed by atoms with van der Waals surface area (Å²) in [6.07, 6.45) is 5.01. The first-order valence-corrected chi connectivity index (χ1v) is 4.55. The summed E-state index contributed by atoms with van der Waals surface area (Å²) in [5.74, 6) is -0.350. The molecule has 2 rings (SSSR count).